The molecule has 130 valence electrons. The molecular weight excluding hydrogens is 318 g/mol. The number of hydrogen-bond donors (Lipinski definition) is 2. The lowest BCUT2D eigenvalue weighted by Gasteiger charge is -2.15. The third-order valence-corrected chi connectivity index (χ3v) is 4.02. The van der Waals surface area contributed by atoms with Gasteiger partial charge in [-0.1, -0.05) is 12.1 Å². The molecule has 2 aromatic carbocycles. The Morgan fingerprint density at radius 3 is 2.64 bits per heavy atom. The molecular formula is C19H22N3O3+. The molecule has 0 fully saturated rings. The average Bonchev–Trinajstić information content (AvgIpc) is 3.04. The minimum absolute atomic E-state index is 0.0434. The van der Waals surface area contributed by atoms with Crippen molar-refractivity contribution in [1.29, 1.82) is 0 Å². The van der Waals surface area contributed by atoms with E-state index in [0.29, 0.717) is 19.0 Å². The number of para-hydroxylation sites is 2. The van der Waals surface area contributed by atoms with Crippen molar-refractivity contribution in [2.75, 3.05) is 25.5 Å². The summed E-state index contributed by atoms with van der Waals surface area (Å²) in [5, 5.41) is 2.90. The van der Waals surface area contributed by atoms with E-state index in [1.165, 1.54) is 0 Å². The van der Waals surface area contributed by atoms with Crippen LogP contribution in [0.3, 0.4) is 0 Å². The molecule has 25 heavy (non-hydrogen) atoms. The van der Waals surface area contributed by atoms with Crippen LogP contribution in [0.15, 0.2) is 52.9 Å². The van der Waals surface area contributed by atoms with Gasteiger partial charge in [-0.05, 0) is 43.3 Å². The molecule has 0 aliphatic rings. The molecule has 0 radical (unpaired) electrons. The number of benzene rings is 2. The predicted molar refractivity (Wildman–Crippen MR) is 95.7 cm³/mol. The summed E-state index contributed by atoms with van der Waals surface area (Å²) < 4.78 is 10.9. The van der Waals surface area contributed by atoms with E-state index in [2.05, 4.69) is 10.3 Å². The van der Waals surface area contributed by atoms with Crippen LogP contribution in [0.25, 0.3) is 11.1 Å². The van der Waals surface area contributed by atoms with Gasteiger partial charge in [0, 0.05) is 5.69 Å². The first-order valence-electron chi connectivity index (χ1n) is 8.30. The molecule has 1 unspecified atom stereocenters. The number of aromatic nitrogens is 1. The Morgan fingerprint density at radius 1 is 1.20 bits per heavy atom. The summed E-state index contributed by atoms with van der Waals surface area (Å²) in [6.07, 6.45) is 0. The lowest BCUT2D eigenvalue weighted by atomic mass is 10.3. The van der Waals surface area contributed by atoms with Gasteiger partial charge in [-0.3, -0.25) is 4.79 Å². The first kappa shape index (κ1) is 17.0. The highest BCUT2D eigenvalue weighted by Crippen LogP contribution is 2.15. The number of fused-ring (bicyclic) bond motifs is 1. The van der Waals surface area contributed by atoms with Gasteiger partial charge in [0.2, 0.25) is 0 Å². The van der Waals surface area contributed by atoms with Crippen LogP contribution >= 0.6 is 0 Å². The Morgan fingerprint density at radius 2 is 1.96 bits per heavy atom. The molecule has 0 aliphatic heterocycles. The van der Waals surface area contributed by atoms with Crippen LogP contribution in [0.1, 0.15) is 12.8 Å². The van der Waals surface area contributed by atoms with E-state index in [-0.39, 0.29) is 5.91 Å². The molecule has 2 N–H and O–H groups in total. The number of likely N-dealkylation sites (N-methyl/N-ethyl adjacent to an activating group) is 1. The number of carbonyl (C=O) groups is 1. The second kappa shape index (κ2) is 7.81. The van der Waals surface area contributed by atoms with Crippen molar-refractivity contribution in [2.24, 2.45) is 0 Å². The van der Waals surface area contributed by atoms with Gasteiger partial charge in [-0.2, -0.15) is 0 Å². The highest BCUT2D eigenvalue weighted by Gasteiger charge is 2.17. The maximum absolute atomic E-state index is 12.3. The van der Waals surface area contributed by atoms with E-state index in [1.807, 2.05) is 55.5 Å². The Kier molecular flexibility index (Phi) is 5.30. The van der Waals surface area contributed by atoms with Crippen LogP contribution in [0, 0.1) is 0 Å². The number of quaternary nitrogens is 1. The number of nitrogens with one attached hydrogen (secondary N) is 2. The van der Waals surface area contributed by atoms with Crippen LogP contribution in [-0.4, -0.2) is 31.1 Å². The normalized spacial score (nSPS) is 12.1. The third kappa shape index (κ3) is 4.36. The molecule has 0 saturated heterocycles. The van der Waals surface area contributed by atoms with Crippen LogP contribution in [0.4, 0.5) is 5.69 Å². The maximum atomic E-state index is 12.3. The van der Waals surface area contributed by atoms with Crippen molar-refractivity contribution >= 4 is 22.7 Å². The van der Waals surface area contributed by atoms with Gasteiger partial charge >= 0.3 is 0 Å². The van der Waals surface area contributed by atoms with Crippen LogP contribution in [0.2, 0.25) is 0 Å². The van der Waals surface area contributed by atoms with Gasteiger partial charge in [-0.15, -0.1) is 0 Å². The summed E-state index contributed by atoms with van der Waals surface area (Å²) in [6, 6.07) is 15.0. The van der Waals surface area contributed by atoms with Crippen molar-refractivity contribution in [1.82, 2.24) is 4.98 Å². The lowest BCUT2D eigenvalue weighted by molar-refractivity contribution is -0.905. The Bertz CT molecular complexity index is 810. The zero-order valence-corrected chi connectivity index (χ0v) is 14.4. The van der Waals surface area contributed by atoms with Crippen molar-refractivity contribution < 1.29 is 18.8 Å². The second-order valence-corrected chi connectivity index (χ2v) is 5.81. The quantitative estimate of drug-likeness (QED) is 0.689. The molecule has 1 atom stereocenters. The standard InChI is InChI=1S/C19H21N3O3/c1-3-22(13-19-21-16-6-4-5-7-17(16)25-19)12-18(23)20-14-8-10-15(24-2)11-9-14/h4-11H,3,12-13H2,1-2H3,(H,20,23)/p+1. The van der Waals surface area contributed by atoms with E-state index < -0.39 is 0 Å². The summed E-state index contributed by atoms with van der Waals surface area (Å²) in [4.78, 5) is 17.8. The lowest BCUT2D eigenvalue weighted by Crippen LogP contribution is -3.11. The number of methoxy groups -OCH3 is 1. The largest absolute Gasteiger partial charge is 0.497 e. The minimum atomic E-state index is -0.0434. The number of amides is 1. The molecule has 3 rings (SSSR count). The Labute approximate surface area is 146 Å². The van der Waals surface area contributed by atoms with Gasteiger partial charge in [0.15, 0.2) is 18.7 Å². The van der Waals surface area contributed by atoms with E-state index in [4.69, 9.17) is 9.15 Å². The molecule has 0 aliphatic carbocycles. The highest BCUT2D eigenvalue weighted by atomic mass is 16.5. The van der Waals surface area contributed by atoms with Crippen molar-refractivity contribution in [2.45, 2.75) is 13.5 Å². The minimum Gasteiger partial charge on any atom is -0.497 e. The summed E-state index contributed by atoms with van der Waals surface area (Å²) in [7, 11) is 1.61. The maximum Gasteiger partial charge on any atom is 0.279 e. The molecule has 0 bridgehead atoms. The zero-order chi connectivity index (χ0) is 17.6. The van der Waals surface area contributed by atoms with Crippen LogP contribution in [0.5, 0.6) is 5.75 Å². The summed E-state index contributed by atoms with van der Waals surface area (Å²) >= 11 is 0. The fourth-order valence-corrected chi connectivity index (χ4v) is 2.63. The molecule has 1 heterocycles. The van der Waals surface area contributed by atoms with E-state index in [0.717, 1.165) is 34.0 Å². The van der Waals surface area contributed by atoms with E-state index in [9.17, 15) is 4.79 Å². The van der Waals surface area contributed by atoms with Gasteiger partial charge in [-0.25, -0.2) is 4.98 Å². The summed E-state index contributed by atoms with van der Waals surface area (Å²) in [5.41, 5.74) is 2.37. The van der Waals surface area contributed by atoms with Crippen LogP contribution < -0.4 is 15.0 Å². The molecule has 1 amide bonds. The number of anilines is 1. The molecule has 0 spiro atoms. The van der Waals surface area contributed by atoms with Gasteiger partial charge in [0.25, 0.3) is 11.8 Å². The summed E-state index contributed by atoms with van der Waals surface area (Å²) in [5.74, 6) is 1.36. The Balaban J connectivity index is 1.59. The van der Waals surface area contributed by atoms with Crippen molar-refractivity contribution in [3.05, 3.63) is 54.4 Å². The smallest absolute Gasteiger partial charge is 0.279 e. The SMILES string of the molecule is CC[NH+](CC(=O)Nc1ccc(OC)cc1)Cc1nc2ccccc2o1. The fourth-order valence-electron chi connectivity index (χ4n) is 2.63. The number of carbonyl (C=O) groups excluding carboxylic acids is 1. The number of oxazole rings is 1. The van der Waals surface area contributed by atoms with Crippen molar-refractivity contribution in [3.63, 3.8) is 0 Å². The number of rotatable bonds is 7. The average molecular weight is 340 g/mol. The molecule has 3 aromatic rings. The number of ether oxygens (including phenoxy) is 1. The monoisotopic (exact) mass is 340 g/mol. The first-order chi connectivity index (χ1) is 12.2. The molecule has 6 nitrogen and oxygen atoms in total. The highest BCUT2D eigenvalue weighted by molar-refractivity contribution is 5.91. The Hall–Kier alpha value is -2.86. The second-order valence-electron chi connectivity index (χ2n) is 5.81. The number of hydrogen-bond acceptors (Lipinski definition) is 4. The van der Waals surface area contributed by atoms with Gasteiger partial charge in [0.05, 0.1) is 13.7 Å². The molecule has 1 aromatic heterocycles. The van der Waals surface area contributed by atoms with Gasteiger partial charge in [0.1, 0.15) is 11.3 Å². The van der Waals surface area contributed by atoms with E-state index >= 15 is 0 Å². The van der Waals surface area contributed by atoms with Crippen molar-refractivity contribution in [3.8, 4) is 5.75 Å². The van der Waals surface area contributed by atoms with Gasteiger partial charge < -0.3 is 19.4 Å². The third-order valence-electron chi connectivity index (χ3n) is 4.02. The van der Waals surface area contributed by atoms with E-state index in [1.54, 1.807) is 7.11 Å². The number of nitrogens with zero attached hydrogens (tertiary/aromatic N) is 1. The summed E-state index contributed by atoms with van der Waals surface area (Å²) in [6.45, 7) is 3.76. The molecule has 6 heteroatoms. The topological polar surface area (TPSA) is 68.8 Å². The fraction of sp³-hybridized carbons (Fsp3) is 0.263. The first-order valence-corrected chi connectivity index (χ1v) is 8.30. The van der Waals surface area contributed by atoms with Crippen LogP contribution in [-0.2, 0) is 11.3 Å². The zero-order valence-electron chi connectivity index (χ0n) is 14.4. The predicted octanol–water partition coefficient (Wildman–Crippen LogP) is 1.88. The molecule has 0 saturated carbocycles.